The molecule has 0 saturated carbocycles. The van der Waals surface area contributed by atoms with Crippen LogP contribution in [0.15, 0.2) is 61.1 Å². The maximum absolute atomic E-state index is 14.0. The van der Waals surface area contributed by atoms with E-state index in [9.17, 15) is 14.0 Å². The van der Waals surface area contributed by atoms with Gasteiger partial charge in [0.2, 0.25) is 11.8 Å². The van der Waals surface area contributed by atoms with Gasteiger partial charge in [0.05, 0.1) is 6.33 Å². The third-order valence-corrected chi connectivity index (χ3v) is 5.68. The highest BCUT2D eigenvalue weighted by molar-refractivity contribution is 5.88. The Morgan fingerprint density at radius 2 is 1.85 bits per heavy atom. The van der Waals surface area contributed by atoms with E-state index in [1.54, 1.807) is 31.6 Å². The van der Waals surface area contributed by atoms with E-state index >= 15 is 0 Å². The van der Waals surface area contributed by atoms with E-state index in [0.29, 0.717) is 12.1 Å². The lowest BCUT2D eigenvalue weighted by molar-refractivity contribution is -0.129. The minimum absolute atomic E-state index is 0.0332. The first kappa shape index (κ1) is 26.8. The zero-order valence-corrected chi connectivity index (χ0v) is 20.9. The summed E-state index contributed by atoms with van der Waals surface area (Å²) in [6.45, 7) is 9.90. The predicted molar refractivity (Wildman–Crippen MR) is 133 cm³/mol. The first-order chi connectivity index (χ1) is 16.2. The summed E-state index contributed by atoms with van der Waals surface area (Å²) in [5, 5.41) is 5.63. The molecule has 7 heteroatoms. The number of halogens is 1. The molecule has 182 valence electrons. The maximum atomic E-state index is 14.0. The van der Waals surface area contributed by atoms with E-state index in [4.69, 9.17) is 0 Å². The van der Waals surface area contributed by atoms with Crippen molar-refractivity contribution < 1.29 is 14.0 Å². The fraction of sp³-hybridized carbons (Fsp3) is 0.370. The lowest BCUT2D eigenvalue weighted by atomic mass is 9.76. The van der Waals surface area contributed by atoms with Crippen molar-refractivity contribution in [3.63, 3.8) is 0 Å². The summed E-state index contributed by atoms with van der Waals surface area (Å²) in [7, 11) is 1.83. The standard InChI is InChI=1S/C25H29FN4O2.C2H6/c1-17-7-5-8-19(11-17)14-28-24(32)18(2)29-23(31)13-25(3,22-15-27-16-30(22)4)20-9-6-10-21(26)12-20;1-2/h5-12,15-16,18H,13-14H2,1-4H3,(H,28,32)(H,29,31);1-2H3. The highest BCUT2D eigenvalue weighted by atomic mass is 19.1. The molecule has 3 aromatic rings. The van der Waals surface area contributed by atoms with Gasteiger partial charge in [0, 0.05) is 37.3 Å². The van der Waals surface area contributed by atoms with Crippen molar-refractivity contribution >= 4 is 11.8 Å². The first-order valence-corrected chi connectivity index (χ1v) is 11.5. The van der Waals surface area contributed by atoms with Crippen LogP contribution in [0.2, 0.25) is 0 Å². The smallest absolute Gasteiger partial charge is 0.242 e. The zero-order chi connectivity index (χ0) is 25.3. The number of carbonyl (C=O) groups is 2. The minimum atomic E-state index is -0.824. The molecule has 0 spiro atoms. The quantitative estimate of drug-likeness (QED) is 0.516. The van der Waals surface area contributed by atoms with Crippen molar-refractivity contribution in [3.05, 3.63) is 89.3 Å². The van der Waals surface area contributed by atoms with Crippen LogP contribution >= 0.6 is 0 Å². The number of aryl methyl sites for hydroxylation is 2. The Labute approximate surface area is 201 Å². The minimum Gasteiger partial charge on any atom is -0.350 e. The van der Waals surface area contributed by atoms with Crippen LogP contribution in [0.1, 0.15) is 56.5 Å². The van der Waals surface area contributed by atoms with Crippen molar-refractivity contribution in [1.29, 1.82) is 0 Å². The number of nitrogens with one attached hydrogen (secondary N) is 2. The number of benzene rings is 2. The number of rotatable bonds is 8. The summed E-state index contributed by atoms with van der Waals surface area (Å²) in [6.07, 6.45) is 3.35. The average molecular weight is 467 g/mol. The molecule has 0 aliphatic rings. The molecule has 34 heavy (non-hydrogen) atoms. The summed E-state index contributed by atoms with van der Waals surface area (Å²) in [5.74, 6) is -0.954. The van der Waals surface area contributed by atoms with Crippen molar-refractivity contribution in [2.75, 3.05) is 0 Å². The van der Waals surface area contributed by atoms with Gasteiger partial charge in [-0.05, 0) is 44.0 Å². The van der Waals surface area contributed by atoms with Crippen LogP contribution in [0.4, 0.5) is 4.39 Å². The summed E-state index contributed by atoms with van der Waals surface area (Å²) < 4.78 is 15.8. The first-order valence-electron chi connectivity index (χ1n) is 11.5. The lowest BCUT2D eigenvalue weighted by Gasteiger charge is -2.30. The van der Waals surface area contributed by atoms with Gasteiger partial charge >= 0.3 is 0 Å². The van der Waals surface area contributed by atoms with Crippen LogP contribution in [0, 0.1) is 12.7 Å². The van der Waals surface area contributed by atoms with Crippen LogP contribution in [-0.4, -0.2) is 27.4 Å². The van der Waals surface area contributed by atoms with E-state index in [1.807, 2.05) is 63.6 Å². The average Bonchev–Trinajstić information content (AvgIpc) is 3.25. The van der Waals surface area contributed by atoms with Crippen molar-refractivity contribution in [2.45, 2.75) is 59.0 Å². The molecule has 2 N–H and O–H groups in total. The number of nitrogens with zero attached hydrogens (tertiary/aromatic N) is 2. The molecule has 1 heterocycles. The second-order valence-corrected chi connectivity index (χ2v) is 8.41. The zero-order valence-electron chi connectivity index (χ0n) is 20.9. The van der Waals surface area contributed by atoms with Gasteiger partial charge in [0.1, 0.15) is 11.9 Å². The predicted octanol–water partition coefficient (Wildman–Crippen LogP) is 4.41. The molecular formula is C27H35FN4O2. The number of hydrogen-bond acceptors (Lipinski definition) is 3. The number of amides is 2. The topological polar surface area (TPSA) is 76.0 Å². The second kappa shape index (κ2) is 12.1. The van der Waals surface area contributed by atoms with E-state index in [1.165, 1.54) is 12.1 Å². The summed E-state index contributed by atoms with van der Waals surface area (Å²) in [5.41, 5.74) is 2.72. The third kappa shape index (κ3) is 6.76. The highest BCUT2D eigenvalue weighted by Crippen LogP contribution is 2.35. The Balaban J connectivity index is 0.00000199. The maximum Gasteiger partial charge on any atom is 0.242 e. The lowest BCUT2D eigenvalue weighted by Crippen LogP contribution is -2.46. The van der Waals surface area contributed by atoms with Crippen molar-refractivity contribution in [2.24, 2.45) is 7.05 Å². The van der Waals surface area contributed by atoms with E-state index in [2.05, 4.69) is 15.6 Å². The molecule has 6 nitrogen and oxygen atoms in total. The van der Waals surface area contributed by atoms with Gasteiger partial charge in [0.15, 0.2) is 0 Å². The van der Waals surface area contributed by atoms with Gasteiger partial charge in [0.25, 0.3) is 0 Å². The Morgan fingerprint density at radius 1 is 1.15 bits per heavy atom. The normalized spacial score (nSPS) is 13.1. The fourth-order valence-electron chi connectivity index (χ4n) is 3.90. The monoisotopic (exact) mass is 466 g/mol. The van der Waals surface area contributed by atoms with Crippen LogP contribution < -0.4 is 10.6 Å². The fourth-order valence-corrected chi connectivity index (χ4v) is 3.90. The molecule has 0 radical (unpaired) electrons. The highest BCUT2D eigenvalue weighted by Gasteiger charge is 2.35. The second-order valence-electron chi connectivity index (χ2n) is 8.41. The van der Waals surface area contributed by atoms with Crippen LogP contribution in [-0.2, 0) is 28.6 Å². The van der Waals surface area contributed by atoms with Crippen molar-refractivity contribution in [1.82, 2.24) is 20.2 Å². The molecular weight excluding hydrogens is 431 g/mol. The Bertz CT molecular complexity index is 1110. The van der Waals surface area contributed by atoms with Crippen molar-refractivity contribution in [3.8, 4) is 0 Å². The van der Waals surface area contributed by atoms with E-state index in [-0.39, 0.29) is 24.1 Å². The Morgan fingerprint density at radius 3 is 2.47 bits per heavy atom. The molecule has 0 aliphatic heterocycles. The van der Waals surface area contributed by atoms with E-state index in [0.717, 1.165) is 16.8 Å². The van der Waals surface area contributed by atoms with Gasteiger partial charge in [-0.25, -0.2) is 9.37 Å². The van der Waals surface area contributed by atoms with Gasteiger partial charge in [-0.1, -0.05) is 55.8 Å². The Hall–Kier alpha value is -3.48. The van der Waals surface area contributed by atoms with Gasteiger partial charge in [-0.15, -0.1) is 0 Å². The molecule has 2 amide bonds. The number of carbonyl (C=O) groups excluding carboxylic acids is 2. The third-order valence-electron chi connectivity index (χ3n) is 5.68. The number of imidazole rings is 1. The SMILES string of the molecule is CC.Cc1cccc(CNC(=O)C(C)NC(=O)CC(C)(c2cccc(F)c2)c2cncn2C)c1. The number of aromatic nitrogens is 2. The Kier molecular flexibility index (Phi) is 9.54. The molecule has 0 aliphatic carbocycles. The molecule has 0 bridgehead atoms. The van der Waals surface area contributed by atoms with Crippen LogP contribution in [0.5, 0.6) is 0 Å². The van der Waals surface area contributed by atoms with Crippen LogP contribution in [0.25, 0.3) is 0 Å². The summed E-state index contributed by atoms with van der Waals surface area (Å²) >= 11 is 0. The molecule has 0 fully saturated rings. The molecule has 2 aromatic carbocycles. The summed E-state index contributed by atoms with van der Waals surface area (Å²) in [4.78, 5) is 29.6. The molecule has 1 aromatic heterocycles. The number of hydrogen-bond donors (Lipinski definition) is 2. The molecule has 0 saturated heterocycles. The summed E-state index contributed by atoms with van der Waals surface area (Å²) in [6, 6.07) is 13.4. The van der Waals surface area contributed by atoms with Gasteiger partial charge in [-0.3, -0.25) is 9.59 Å². The molecule has 3 rings (SSSR count). The molecule has 2 atom stereocenters. The largest absolute Gasteiger partial charge is 0.350 e. The van der Waals surface area contributed by atoms with Gasteiger partial charge in [-0.2, -0.15) is 0 Å². The van der Waals surface area contributed by atoms with Crippen LogP contribution in [0.3, 0.4) is 0 Å². The van der Waals surface area contributed by atoms with E-state index < -0.39 is 11.5 Å². The molecule has 2 unspecified atom stereocenters. The van der Waals surface area contributed by atoms with Gasteiger partial charge < -0.3 is 15.2 Å².